The first-order valence-electron chi connectivity index (χ1n) is 9.65. The Labute approximate surface area is 192 Å². The first kappa shape index (κ1) is 22.0. The predicted molar refractivity (Wildman–Crippen MR) is 116 cm³/mol. The van der Waals surface area contributed by atoms with E-state index in [1.54, 1.807) is 36.4 Å². The molecule has 166 valence electrons. The lowest BCUT2D eigenvalue weighted by Crippen LogP contribution is -2.35. The van der Waals surface area contributed by atoms with Crippen LogP contribution in [0.5, 0.6) is 11.5 Å². The maximum atomic E-state index is 12.3. The average Bonchev–Trinajstić information content (AvgIpc) is 3.05. The van der Waals surface area contributed by atoms with Gasteiger partial charge in [0.05, 0.1) is 21.1 Å². The SMILES string of the molecule is O=C(CN1C(=O)c2ccccc2C1=O)OCc1ccc(Oc2ccc([N+](=O)[O-])cc2Cl)cc1. The van der Waals surface area contributed by atoms with Crippen LogP contribution < -0.4 is 4.74 Å². The van der Waals surface area contributed by atoms with Gasteiger partial charge in [0.25, 0.3) is 17.5 Å². The number of halogens is 1. The molecule has 0 atom stereocenters. The summed E-state index contributed by atoms with van der Waals surface area (Å²) in [6.07, 6.45) is 0. The van der Waals surface area contributed by atoms with E-state index in [9.17, 15) is 24.5 Å². The van der Waals surface area contributed by atoms with Gasteiger partial charge in [-0.05, 0) is 35.9 Å². The molecule has 0 N–H and O–H groups in total. The van der Waals surface area contributed by atoms with Crippen molar-refractivity contribution in [3.8, 4) is 11.5 Å². The number of nitro benzene ring substituents is 1. The number of carbonyl (C=O) groups is 3. The Bertz CT molecular complexity index is 1240. The van der Waals surface area contributed by atoms with Gasteiger partial charge in [-0.25, -0.2) is 0 Å². The van der Waals surface area contributed by atoms with Crippen molar-refractivity contribution in [3.63, 3.8) is 0 Å². The zero-order valence-electron chi connectivity index (χ0n) is 16.9. The molecular weight excluding hydrogens is 452 g/mol. The van der Waals surface area contributed by atoms with Crippen molar-refractivity contribution in [1.29, 1.82) is 0 Å². The summed E-state index contributed by atoms with van der Waals surface area (Å²) in [7, 11) is 0. The number of amides is 2. The Balaban J connectivity index is 1.32. The lowest BCUT2D eigenvalue weighted by atomic mass is 10.1. The monoisotopic (exact) mass is 466 g/mol. The first-order chi connectivity index (χ1) is 15.8. The molecule has 1 heterocycles. The number of hydrogen-bond acceptors (Lipinski definition) is 7. The number of nitro groups is 1. The van der Waals surface area contributed by atoms with Gasteiger partial charge in [0.1, 0.15) is 24.7 Å². The number of ether oxygens (including phenoxy) is 2. The molecule has 0 radical (unpaired) electrons. The summed E-state index contributed by atoms with van der Waals surface area (Å²) >= 11 is 6.02. The molecule has 0 spiro atoms. The van der Waals surface area contributed by atoms with E-state index < -0.39 is 29.3 Å². The van der Waals surface area contributed by atoms with Crippen LogP contribution in [0.25, 0.3) is 0 Å². The topological polar surface area (TPSA) is 116 Å². The Morgan fingerprint density at radius 2 is 1.61 bits per heavy atom. The molecule has 9 nitrogen and oxygen atoms in total. The van der Waals surface area contributed by atoms with Crippen LogP contribution in [-0.2, 0) is 16.1 Å². The highest BCUT2D eigenvalue weighted by atomic mass is 35.5. The summed E-state index contributed by atoms with van der Waals surface area (Å²) in [4.78, 5) is 47.9. The molecule has 0 saturated heterocycles. The highest BCUT2D eigenvalue weighted by Gasteiger charge is 2.36. The third-order valence-corrected chi connectivity index (χ3v) is 5.14. The molecular formula is C23H15ClN2O7. The number of rotatable bonds is 7. The maximum absolute atomic E-state index is 12.3. The van der Waals surface area contributed by atoms with E-state index in [1.807, 2.05) is 0 Å². The normalized spacial score (nSPS) is 12.5. The lowest BCUT2D eigenvalue weighted by molar-refractivity contribution is -0.384. The fourth-order valence-electron chi connectivity index (χ4n) is 3.19. The molecule has 3 aromatic carbocycles. The van der Waals surface area contributed by atoms with Gasteiger partial charge >= 0.3 is 5.97 Å². The van der Waals surface area contributed by atoms with Gasteiger partial charge in [-0.2, -0.15) is 0 Å². The van der Waals surface area contributed by atoms with Crippen LogP contribution in [0, 0.1) is 10.1 Å². The fraction of sp³-hybridized carbons (Fsp3) is 0.0870. The van der Waals surface area contributed by atoms with Crippen molar-refractivity contribution in [2.24, 2.45) is 0 Å². The van der Waals surface area contributed by atoms with Crippen molar-refractivity contribution in [2.75, 3.05) is 6.54 Å². The Kier molecular flexibility index (Phi) is 6.05. The molecule has 4 rings (SSSR count). The predicted octanol–water partition coefficient (Wildman–Crippen LogP) is 4.38. The van der Waals surface area contributed by atoms with Gasteiger partial charge in [-0.1, -0.05) is 35.9 Å². The molecule has 0 bridgehead atoms. The van der Waals surface area contributed by atoms with E-state index >= 15 is 0 Å². The van der Waals surface area contributed by atoms with Crippen molar-refractivity contribution in [3.05, 3.63) is 98.6 Å². The van der Waals surface area contributed by atoms with Gasteiger partial charge in [0, 0.05) is 12.1 Å². The van der Waals surface area contributed by atoms with E-state index in [0.717, 1.165) is 4.90 Å². The lowest BCUT2D eigenvalue weighted by Gasteiger charge is -2.13. The zero-order chi connectivity index (χ0) is 23.5. The van der Waals surface area contributed by atoms with E-state index in [-0.39, 0.29) is 34.2 Å². The quantitative estimate of drug-likeness (QED) is 0.219. The molecule has 10 heteroatoms. The molecule has 1 aliphatic rings. The van der Waals surface area contributed by atoms with Crippen molar-refractivity contribution >= 4 is 35.1 Å². The van der Waals surface area contributed by atoms with Crippen LogP contribution in [0.1, 0.15) is 26.3 Å². The summed E-state index contributed by atoms with van der Waals surface area (Å²) in [6, 6.07) is 16.8. The Morgan fingerprint density at radius 3 is 2.18 bits per heavy atom. The summed E-state index contributed by atoms with van der Waals surface area (Å²) in [5.74, 6) is -1.10. The largest absolute Gasteiger partial charge is 0.459 e. The minimum atomic E-state index is -0.720. The molecule has 1 aliphatic heterocycles. The second-order valence-corrected chi connectivity index (χ2v) is 7.43. The van der Waals surface area contributed by atoms with Gasteiger partial charge in [-0.3, -0.25) is 29.4 Å². The van der Waals surface area contributed by atoms with Crippen molar-refractivity contribution < 1.29 is 28.8 Å². The van der Waals surface area contributed by atoms with E-state index in [0.29, 0.717) is 11.3 Å². The molecule has 0 aromatic heterocycles. The van der Waals surface area contributed by atoms with Crippen molar-refractivity contribution in [2.45, 2.75) is 6.61 Å². The van der Waals surface area contributed by atoms with Crippen LogP contribution in [0.4, 0.5) is 5.69 Å². The van der Waals surface area contributed by atoms with Crippen LogP contribution >= 0.6 is 11.6 Å². The third kappa shape index (κ3) is 4.68. The molecule has 0 saturated carbocycles. The van der Waals surface area contributed by atoms with Gasteiger partial charge in [0.2, 0.25) is 0 Å². The number of benzene rings is 3. The first-order valence-corrected chi connectivity index (χ1v) is 10.0. The highest BCUT2D eigenvalue weighted by Crippen LogP contribution is 2.32. The second kappa shape index (κ2) is 9.09. The molecule has 0 unspecified atom stereocenters. The van der Waals surface area contributed by atoms with Crippen LogP contribution in [0.2, 0.25) is 5.02 Å². The number of imide groups is 1. The molecule has 0 aliphatic carbocycles. The summed E-state index contributed by atoms with van der Waals surface area (Å²) in [6.45, 7) is -0.549. The number of carbonyl (C=O) groups excluding carboxylic acids is 3. The van der Waals surface area contributed by atoms with E-state index in [4.69, 9.17) is 21.1 Å². The summed E-state index contributed by atoms with van der Waals surface area (Å²) in [5, 5.41) is 10.9. The fourth-order valence-corrected chi connectivity index (χ4v) is 3.40. The number of esters is 1. The van der Waals surface area contributed by atoms with Crippen molar-refractivity contribution in [1.82, 2.24) is 4.90 Å². The minimum Gasteiger partial charge on any atom is -0.459 e. The standard InChI is InChI=1S/C23H15ClN2O7/c24-19-11-15(26(30)31)7-10-20(19)33-16-8-5-14(6-9-16)13-32-21(27)12-25-22(28)17-3-1-2-4-18(17)23(25)29/h1-11H,12-13H2. The van der Waals surface area contributed by atoms with Gasteiger partial charge in [-0.15, -0.1) is 0 Å². The van der Waals surface area contributed by atoms with Crippen LogP contribution in [0.3, 0.4) is 0 Å². The number of nitrogens with zero attached hydrogens (tertiary/aromatic N) is 2. The average molecular weight is 467 g/mol. The number of fused-ring (bicyclic) bond motifs is 1. The number of hydrogen-bond donors (Lipinski definition) is 0. The number of non-ortho nitro benzene ring substituents is 1. The maximum Gasteiger partial charge on any atom is 0.326 e. The highest BCUT2D eigenvalue weighted by molar-refractivity contribution is 6.32. The molecule has 0 fully saturated rings. The van der Waals surface area contributed by atoms with E-state index in [2.05, 4.69) is 0 Å². The minimum absolute atomic E-state index is 0.0689. The molecule has 2 amide bonds. The second-order valence-electron chi connectivity index (χ2n) is 7.02. The summed E-state index contributed by atoms with van der Waals surface area (Å²) < 4.78 is 10.8. The van der Waals surface area contributed by atoms with Crippen LogP contribution in [-0.4, -0.2) is 34.2 Å². The van der Waals surface area contributed by atoms with E-state index in [1.165, 1.54) is 30.3 Å². The summed E-state index contributed by atoms with van der Waals surface area (Å²) in [5.41, 5.74) is 1.02. The van der Waals surface area contributed by atoms with Crippen LogP contribution in [0.15, 0.2) is 66.7 Å². The van der Waals surface area contributed by atoms with Gasteiger partial charge in [0.15, 0.2) is 0 Å². The Morgan fingerprint density at radius 1 is 0.970 bits per heavy atom. The Hall–Kier alpha value is -4.24. The zero-order valence-corrected chi connectivity index (χ0v) is 17.7. The smallest absolute Gasteiger partial charge is 0.326 e. The third-order valence-electron chi connectivity index (χ3n) is 4.84. The molecule has 33 heavy (non-hydrogen) atoms. The molecule has 3 aromatic rings. The van der Waals surface area contributed by atoms with Gasteiger partial charge < -0.3 is 9.47 Å².